The molecule has 0 amide bonds. The third-order valence-corrected chi connectivity index (χ3v) is 7.99. The van der Waals surface area contributed by atoms with Gasteiger partial charge in [-0.25, -0.2) is 18.4 Å². The molecule has 11 nitrogen and oxygen atoms in total. The summed E-state index contributed by atoms with van der Waals surface area (Å²) in [5.41, 5.74) is 3.99. The second-order valence-electron chi connectivity index (χ2n) is 9.26. The predicted octanol–water partition coefficient (Wildman–Crippen LogP) is 0.958. The molecule has 2 fully saturated rings. The molecule has 2 aliphatic heterocycles. The first-order chi connectivity index (χ1) is 17.9. The van der Waals surface area contributed by atoms with Crippen LogP contribution in [0.3, 0.4) is 0 Å². The van der Waals surface area contributed by atoms with Gasteiger partial charge in [-0.3, -0.25) is 9.88 Å². The van der Waals surface area contributed by atoms with Crippen molar-refractivity contribution in [3.05, 3.63) is 42.7 Å². The maximum atomic E-state index is 11.9. The number of rotatable bonds is 8. The zero-order valence-corrected chi connectivity index (χ0v) is 23.2. The highest BCUT2D eigenvalue weighted by atomic mass is 32.2. The molecule has 2 aromatic heterocycles. The Balaban J connectivity index is 0.00000336. The molecular formula is C25H34N6O5S2. The summed E-state index contributed by atoms with van der Waals surface area (Å²) in [7, 11) is -3.29. The fraction of sp³-hybridized carbons (Fsp3) is 0.480. The molecule has 0 bridgehead atoms. The lowest BCUT2D eigenvalue weighted by atomic mass is 10.1. The van der Waals surface area contributed by atoms with E-state index < -0.39 is 16.1 Å². The first-order valence-electron chi connectivity index (χ1n) is 12.4. The van der Waals surface area contributed by atoms with E-state index in [1.54, 1.807) is 12.4 Å². The second-order valence-corrected chi connectivity index (χ2v) is 11.2. The smallest absolute Gasteiger partial charge is 0.242 e. The van der Waals surface area contributed by atoms with E-state index in [0.29, 0.717) is 35.8 Å². The number of fused-ring (bicyclic) bond motifs is 1. The third-order valence-electron chi connectivity index (χ3n) is 6.72. The molecular weight excluding hydrogens is 528 g/mol. The van der Waals surface area contributed by atoms with Gasteiger partial charge in [0.2, 0.25) is 15.9 Å². The minimum absolute atomic E-state index is 0. The van der Waals surface area contributed by atoms with Gasteiger partial charge in [0.05, 0.1) is 30.7 Å². The number of benzene rings is 1. The molecule has 13 heteroatoms. The van der Waals surface area contributed by atoms with Gasteiger partial charge in [0.1, 0.15) is 12.7 Å². The van der Waals surface area contributed by atoms with Crippen LogP contribution < -0.4 is 9.64 Å². The fourth-order valence-corrected chi connectivity index (χ4v) is 5.52. The van der Waals surface area contributed by atoms with Crippen molar-refractivity contribution in [3.8, 4) is 17.1 Å². The Hall–Kier alpha value is -2.55. The van der Waals surface area contributed by atoms with Gasteiger partial charge in [0.15, 0.2) is 5.52 Å². The van der Waals surface area contributed by atoms with Gasteiger partial charge < -0.3 is 19.5 Å². The van der Waals surface area contributed by atoms with Crippen LogP contribution in [0.25, 0.3) is 22.3 Å². The molecule has 1 N–H and O–H groups in total. The number of ether oxygens (including phenoxy) is 2. The Morgan fingerprint density at radius 3 is 2.53 bits per heavy atom. The van der Waals surface area contributed by atoms with Crippen LogP contribution in [0.1, 0.15) is 0 Å². The molecule has 0 saturated carbocycles. The summed E-state index contributed by atoms with van der Waals surface area (Å²) in [6.45, 7) is 5.65. The second kappa shape index (κ2) is 12.5. The molecule has 5 rings (SSSR count). The van der Waals surface area contributed by atoms with E-state index in [1.807, 2.05) is 18.2 Å². The Kier molecular flexibility index (Phi) is 9.39. The molecule has 2 saturated heterocycles. The summed E-state index contributed by atoms with van der Waals surface area (Å²) in [6, 6.07) is 10.2. The van der Waals surface area contributed by atoms with E-state index >= 15 is 0 Å². The third kappa shape index (κ3) is 6.71. The van der Waals surface area contributed by atoms with E-state index in [4.69, 9.17) is 19.6 Å². The summed E-state index contributed by atoms with van der Waals surface area (Å²) < 4.78 is 37.0. The lowest BCUT2D eigenvalue weighted by molar-refractivity contribution is -0.0252. The van der Waals surface area contributed by atoms with Crippen LogP contribution in [0, 0.1) is 0 Å². The van der Waals surface area contributed by atoms with Crippen LogP contribution in [0.5, 0.6) is 5.88 Å². The number of aromatic nitrogens is 3. The molecule has 0 unspecified atom stereocenters. The largest absolute Gasteiger partial charge is 0.473 e. The SMILES string of the molecule is CS(=O)(=O)N1CCO[C@H](COc2nc(-c3ccc(N4CCN(CCO)CC4)cc3)cc3nccnc23)C1.S. The van der Waals surface area contributed by atoms with Crippen molar-refractivity contribution in [2.24, 2.45) is 0 Å². The summed E-state index contributed by atoms with van der Waals surface area (Å²) in [5, 5.41) is 9.16. The number of β-amino-alcohol motifs (C(OH)–C–C–N with tert-alkyl or cyclic N) is 1. The average Bonchev–Trinajstić information content (AvgIpc) is 2.92. The standard InChI is InChI=1S/C25H32N6O5S.H2S/c1-37(33,34)31-13-15-35-21(17-31)18-36-25-24-23(26-6-7-27-24)16-22(28-25)19-2-4-20(5-3-19)30-10-8-29(9-11-30)12-14-32;/h2-7,16,21,32H,8-15,17-18H2,1H3;1H2/t21-;/m0./s1. The molecule has 38 heavy (non-hydrogen) atoms. The molecule has 2 aliphatic rings. The van der Waals surface area contributed by atoms with Crippen molar-refractivity contribution in [1.82, 2.24) is 24.2 Å². The van der Waals surface area contributed by atoms with Crippen molar-refractivity contribution >= 4 is 40.2 Å². The lowest BCUT2D eigenvalue weighted by Crippen LogP contribution is -2.47. The molecule has 206 valence electrons. The van der Waals surface area contributed by atoms with Gasteiger partial charge in [-0.1, -0.05) is 12.1 Å². The Morgan fingerprint density at radius 1 is 1.08 bits per heavy atom. The van der Waals surface area contributed by atoms with Gasteiger partial charge in [0.25, 0.3) is 0 Å². The van der Waals surface area contributed by atoms with Crippen molar-refractivity contribution in [1.29, 1.82) is 0 Å². The van der Waals surface area contributed by atoms with Crippen LogP contribution in [0.15, 0.2) is 42.7 Å². The van der Waals surface area contributed by atoms with Crippen LogP contribution in [-0.2, 0) is 14.8 Å². The Labute approximate surface area is 229 Å². The number of anilines is 1. The monoisotopic (exact) mass is 562 g/mol. The Bertz CT molecular complexity index is 1320. The van der Waals surface area contributed by atoms with Crippen LogP contribution in [-0.4, -0.2) is 116 Å². The normalized spacial score (nSPS) is 19.3. The molecule has 0 aliphatic carbocycles. The number of pyridine rings is 1. The average molecular weight is 563 g/mol. The van der Waals surface area contributed by atoms with Gasteiger partial charge in [0, 0.05) is 69.5 Å². The number of sulfonamides is 1. The number of hydrogen-bond donors (Lipinski definition) is 1. The van der Waals surface area contributed by atoms with Crippen molar-refractivity contribution in [2.75, 3.05) is 76.8 Å². The number of nitrogens with zero attached hydrogens (tertiary/aromatic N) is 6. The van der Waals surface area contributed by atoms with Gasteiger partial charge in [-0.15, -0.1) is 0 Å². The maximum absolute atomic E-state index is 11.9. The molecule has 0 spiro atoms. The lowest BCUT2D eigenvalue weighted by Gasteiger charge is -2.35. The first kappa shape index (κ1) is 28.5. The van der Waals surface area contributed by atoms with Crippen molar-refractivity contribution in [3.63, 3.8) is 0 Å². The fourth-order valence-electron chi connectivity index (χ4n) is 4.67. The highest BCUT2D eigenvalue weighted by Crippen LogP contribution is 2.29. The highest BCUT2D eigenvalue weighted by Gasteiger charge is 2.27. The highest BCUT2D eigenvalue weighted by molar-refractivity contribution is 7.88. The number of morpholine rings is 1. The molecule has 4 heterocycles. The van der Waals surface area contributed by atoms with E-state index in [9.17, 15) is 8.42 Å². The minimum Gasteiger partial charge on any atom is -0.473 e. The predicted molar refractivity (Wildman–Crippen MR) is 151 cm³/mol. The van der Waals surface area contributed by atoms with Gasteiger partial charge in [-0.2, -0.15) is 17.8 Å². The maximum Gasteiger partial charge on any atom is 0.242 e. The van der Waals surface area contributed by atoms with Crippen LogP contribution >= 0.6 is 13.5 Å². The number of aliphatic hydroxyl groups is 1. The van der Waals surface area contributed by atoms with Crippen LogP contribution in [0.2, 0.25) is 0 Å². The quantitative estimate of drug-likeness (QED) is 0.425. The number of aliphatic hydroxyl groups excluding tert-OH is 1. The zero-order valence-electron chi connectivity index (χ0n) is 21.4. The molecule has 3 aromatic rings. The van der Waals surface area contributed by atoms with Crippen molar-refractivity contribution < 1.29 is 23.0 Å². The number of piperazine rings is 1. The topological polar surface area (TPSA) is 121 Å². The molecule has 0 radical (unpaired) electrons. The summed E-state index contributed by atoms with van der Waals surface area (Å²) in [4.78, 5) is 18.2. The van der Waals surface area contributed by atoms with Gasteiger partial charge >= 0.3 is 0 Å². The molecule has 1 aromatic carbocycles. The zero-order chi connectivity index (χ0) is 25.8. The summed E-state index contributed by atoms with van der Waals surface area (Å²) in [6.07, 6.45) is 4.02. The first-order valence-corrected chi connectivity index (χ1v) is 14.3. The van der Waals surface area contributed by atoms with Crippen molar-refractivity contribution in [2.45, 2.75) is 6.10 Å². The molecule has 1 atom stereocenters. The van der Waals surface area contributed by atoms with Gasteiger partial charge in [-0.05, 0) is 18.2 Å². The van der Waals surface area contributed by atoms with E-state index in [-0.39, 0.29) is 33.3 Å². The van der Waals surface area contributed by atoms with Crippen LogP contribution in [0.4, 0.5) is 5.69 Å². The number of hydrogen-bond acceptors (Lipinski definition) is 10. The minimum atomic E-state index is -3.29. The van der Waals surface area contributed by atoms with E-state index in [2.05, 4.69) is 31.9 Å². The summed E-state index contributed by atoms with van der Waals surface area (Å²) in [5.74, 6) is 0.338. The summed E-state index contributed by atoms with van der Waals surface area (Å²) >= 11 is 0. The van der Waals surface area contributed by atoms with E-state index in [0.717, 1.165) is 44.0 Å². The Morgan fingerprint density at radius 2 is 1.82 bits per heavy atom. The van der Waals surface area contributed by atoms with E-state index in [1.165, 1.54) is 10.6 Å².